The van der Waals surface area contributed by atoms with Gasteiger partial charge in [0.2, 0.25) is 12.3 Å². The first-order chi connectivity index (χ1) is 17.9. The third kappa shape index (κ3) is 5.77. The summed E-state index contributed by atoms with van der Waals surface area (Å²) >= 11 is 0. The van der Waals surface area contributed by atoms with E-state index >= 15 is 0 Å². The van der Waals surface area contributed by atoms with E-state index in [1.54, 1.807) is 54.7 Å². The molecule has 0 aliphatic rings. The Labute approximate surface area is 210 Å². The highest BCUT2D eigenvalue weighted by atomic mass is 16.2. The van der Waals surface area contributed by atoms with Crippen LogP contribution in [0.4, 0.5) is 17.1 Å². The molecule has 184 valence electrons. The van der Waals surface area contributed by atoms with E-state index in [2.05, 4.69) is 16.0 Å². The van der Waals surface area contributed by atoms with E-state index in [9.17, 15) is 24.0 Å². The van der Waals surface area contributed by atoms with E-state index in [4.69, 9.17) is 5.73 Å². The van der Waals surface area contributed by atoms with Gasteiger partial charge in [-0.2, -0.15) is 0 Å². The van der Waals surface area contributed by atoms with Crippen LogP contribution in [0.1, 0.15) is 31.1 Å². The van der Waals surface area contributed by atoms with Crippen molar-refractivity contribution in [2.24, 2.45) is 5.73 Å². The maximum Gasteiger partial charge on any atom is 0.255 e. The summed E-state index contributed by atoms with van der Waals surface area (Å²) in [6, 6.07) is 21.6. The number of rotatable bonds is 8. The number of nitrogens with one attached hydrogen (secondary N) is 3. The standard InChI is InChI=1S/C27H21N5O5/c28-25(35)19-8-13-22(23(15-19)31-27(37)17-4-9-20(10-5-17)29-16-33)30-26(36)18-6-11-21(12-7-18)32-14-2-1-3-24(32)34/h1-16H,(H2,28,35)(H,29,33)(H,30,36)(H,31,37). The Bertz CT molecular complexity index is 1540. The first-order valence-electron chi connectivity index (χ1n) is 11.0. The molecule has 4 aromatic rings. The zero-order chi connectivity index (χ0) is 26.4. The second-order valence-electron chi connectivity index (χ2n) is 7.83. The lowest BCUT2D eigenvalue weighted by Gasteiger charge is -2.14. The molecule has 1 heterocycles. The van der Waals surface area contributed by atoms with Gasteiger partial charge in [0.15, 0.2) is 0 Å². The third-order valence-electron chi connectivity index (χ3n) is 5.40. The van der Waals surface area contributed by atoms with Crippen LogP contribution in [0.5, 0.6) is 0 Å². The topological polar surface area (TPSA) is 152 Å². The van der Waals surface area contributed by atoms with Crippen molar-refractivity contribution in [3.63, 3.8) is 0 Å². The number of hydrogen-bond acceptors (Lipinski definition) is 5. The van der Waals surface area contributed by atoms with Gasteiger partial charge < -0.3 is 21.7 Å². The van der Waals surface area contributed by atoms with Crippen molar-refractivity contribution in [3.8, 4) is 5.69 Å². The third-order valence-corrected chi connectivity index (χ3v) is 5.40. The summed E-state index contributed by atoms with van der Waals surface area (Å²) in [4.78, 5) is 60.0. The van der Waals surface area contributed by atoms with Gasteiger partial charge >= 0.3 is 0 Å². The van der Waals surface area contributed by atoms with Crippen molar-refractivity contribution >= 4 is 41.2 Å². The summed E-state index contributed by atoms with van der Waals surface area (Å²) in [7, 11) is 0. The average Bonchev–Trinajstić information content (AvgIpc) is 2.90. The van der Waals surface area contributed by atoms with E-state index in [0.29, 0.717) is 23.3 Å². The molecule has 4 amide bonds. The molecule has 0 aliphatic heterocycles. The van der Waals surface area contributed by atoms with Gasteiger partial charge in [-0.3, -0.25) is 28.5 Å². The molecule has 0 saturated heterocycles. The van der Waals surface area contributed by atoms with Gasteiger partial charge in [0, 0.05) is 40.3 Å². The molecule has 0 saturated carbocycles. The number of nitrogens with zero attached hydrogens (tertiary/aromatic N) is 1. The lowest BCUT2D eigenvalue weighted by Crippen LogP contribution is -2.19. The fourth-order valence-electron chi connectivity index (χ4n) is 3.50. The molecule has 3 aromatic carbocycles. The quantitative estimate of drug-likeness (QED) is 0.277. The largest absolute Gasteiger partial charge is 0.366 e. The monoisotopic (exact) mass is 495 g/mol. The first-order valence-corrected chi connectivity index (χ1v) is 11.0. The summed E-state index contributed by atoms with van der Waals surface area (Å²) in [5, 5.41) is 7.88. The van der Waals surface area contributed by atoms with Gasteiger partial charge in [-0.25, -0.2) is 0 Å². The van der Waals surface area contributed by atoms with E-state index < -0.39 is 17.7 Å². The van der Waals surface area contributed by atoms with Crippen LogP contribution in [0.2, 0.25) is 0 Å². The molecular weight excluding hydrogens is 474 g/mol. The summed E-state index contributed by atoms with van der Waals surface area (Å²) in [5.74, 6) is -1.68. The number of aromatic nitrogens is 1. The molecule has 0 radical (unpaired) electrons. The van der Waals surface area contributed by atoms with Gasteiger partial charge in [-0.05, 0) is 72.8 Å². The zero-order valence-electron chi connectivity index (χ0n) is 19.3. The molecule has 0 atom stereocenters. The molecule has 4 rings (SSSR count). The van der Waals surface area contributed by atoms with E-state index in [-0.39, 0.29) is 28.1 Å². The number of anilines is 3. The number of amides is 4. The first kappa shape index (κ1) is 24.6. The van der Waals surface area contributed by atoms with E-state index in [1.165, 1.54) is 41.0 Å². The smallest absolute Gasteiger partial charge is 0.255 e. The number of benzene rings is 3. The molecule has 10 nitrogen and oxygen atoms in total. The lowest BCUT2D eigenvalue weighted by molar-refractivity contribution is -0.105. The zero-order valence-corrected chi connectivity index (χ0v) is 19.3. The number of primary amides is 1. The highest BCUT2D eigenvalue weighted by molar-refractivity contribution is 6.11. The van der Waals surface area contributed by atoms with Crippen LogP contribution in [0.3, 0.4) is 0 Å². The van der Waals surface area contributed by atoms with Crippen molar-refractivity contribution in [1.82, 2.24) is 4.57 Å². The molecule has 0 aliphatic carbocycles. The van der Waals surface area contributed by atoms with Crippen molar-refractivity contribution < 1.29 is 19.2 Å². The Morgan fingerprint density at radius 2 is 1.32 bits per heavy atom. The van der Waals surface area contributed by atoms with Gasteiger partial charge in [-0.1, -0.05) is 6.07 Å². The maximum atomic E-state index is 12.9. The van der Waals surface area contributed by atoms with Crippen molar-refractivity contribution in [1.29, 1.82) is 0 Å². The fourth-order valence-corrected chi connectivity index (χ4v) is 3.50. The molecule has 0 unspecified atom stereocenters. The van der Waals surface area contributed by atoms with Crippen molar-refractivity contribution in [2.75, 3.05) is 16.0 Å². The molecular formula is C27H21N5O5. The Morgan fingerprint density at radius 1 is 0.730 bits per heavy atom. The summed E-state index contributed by atoms with van der Waals surface area (Å²) in [6.45, 7) is 0. The highest BCUT2D eigenvalue weighted by Gasteiger charge is 2.15. The molecule has 0 bridgehead atoms. The molecule has 37 heavy (non-hydrogen) atoms. The average molecular weight is 495 g/mol. The maximum absolute atomic E-state index is 12.9. The summed E-state index contributed by atoms with van der Waals surface area (Å²) in [6.07, 6.45) is 2.15. The number of carbonyl (C=O) groups is 4. The number of hydrogen-bond donors (Lipinski definition) is 4. The molecule has 0 spiro atoms. The van der Waals surface area contributed by atoms with Crippen LogP contribution in [0.25, 0.3) is 5.69 Å². The van der Waals surface area contributed by atoms with Crippen LogP contribution in [0, 0.1) is 0 Å². The Balaban J connectivity index is 1.56. The van der Waals surface area contributed by atoms with Crippen molar-refractivity contribution in [2.45, 2.75) is 0 Å². The van der Waals surface area contributed by atoms with Gasteiger partial charge in [0.1, 0.15) is 0 Å². The normalized spacial score (nSPS) is 10.3. The lowest BCUT2D eigenvalue weighted by atomic mass is 10.1. The summed E-state index contributed by atoms with van der Waals surface area (Å²) in [5.41, 5.74) is 7.42. The van der Waals surface area contributed by atoms with Gasteiger partial charge in [-0.15, -0.1) is 0 Å². The number of nitrogens with two attached hydrogens (primary N) is 1. The van der Waals surface area contributed by atoms with Crippen LogP contribution in [0.15, 0.2) is 95.9 Å². The minimum absolute atomic E-state index is 0.136. The summed E-state index contributed by atoms with van der Waals surface area (Å²) < 4.78 is 1.44. The Kier molecular flexibility index (Phi) is 7.20. The van der Waals surface area contributed by atoms with Gasteiger partial charge in [0.05, 0.1) is 11.4 Å². The predicted molar refractivity (Wildman–Crippen MR) is 139 cm³/mol. The van der Waals surface area contributed by atoms with E-state index in [0.717, 1.165) is 0 Å². The van der Waals surface area contributed by atoms with E-state index in [1.807, 2.05) is 0 Å². The molecule has 10 heteroatoms. The van der Waals surface area contributed by atoms with Crippen LogP contribution >= 0.6 is 0 Å². The van der Waals surface area contributed by atoms with Crippen molar-refractivity contribution in [3.05, 3.63) is 118 Å². The number of carbonyl (C=O) groups excluding carboxylic acids is 4. The van der Waals surface area contributed by atoms with Crippen LogP contribution < -0.4 is 27.2 Å². The molecule has 1 aromatic heterocycles. The van der Waals surface area contributed by atoms with Gasteiger partial charge in [0.25, 0.3) is 17.4 Å². The Hall–Kier alpha value is -5.51. The second-order valence-corrected chi connectivity index (χ2v) is 7.83. The van der Waals surface area contributed by atoms with Crippen LogP contribution in [-0.4, -0.2) is 28.7 Å². The minimum Gasteiger partial charge on any atom is -0.366 e. The van der Waals surface area contributed by atoms with Crippen LogP contribution in [-0.2, 0) is 4.79 Å². The Morgan fingerprint density at radius 3 is 1.92 bits per heavy atom. The molecule has 5 N–H and O–H groups in total. The predicted octanol–water partition coefficient (Wildman–Crippen LogP) is 3.01. The fraction of sp³-hybridized carbons (Fsp3) is 0. The number of pyridine rings is 1. The minimum atomic E-state index is -0.704. The SMILES string of the molecule is NC(=O)c1ccc(NC(=O)c2ccc(-n3ccccc3=O)cc2)c(NC(=O)c2ccc(NC=O)cc2)c1. The highest BCUT2D eigenvalue weighted by Crippen LogP contribution is 2.25. The molecule has 0 fully saturated rings. The second kappa shape index (κ2) is 10.8.